The monoisotopic (exact) mass is 351 g/mol. The molecule has 1 aromatic carbocycles. The van der Waals surface area contributed by atoms with Crippen LogP contribution in [-0.4, -0.2) is 48.4 Å². The summed E-state index contributed by atoms with van der Waals surface area (Å²) in [4.78, 5) is 15.5. The number of hydrogen-bond acceptors (Lipinski definition) is 3. The van der Waals surface area contributed by atoms with Crippen LogP contribution in [0.5, 0.6) is 0 Å². The molecule has 1 unspecified atom stereocenters. The van der Waals surface area contributed by atoms with Crippen molar-refractivity contribution < 1.29 is 13.6 Å². The zero-order valence-electron chi connectivity index (χ0n) is 14.6. The van der Waals surface area contributed by atoms with E-state index in [1.807, 2.05) is 0 Å². The first-order chi connectivity index (χ1) is 12.0. The molecule has 0 aromatic heterocycles. The van der Waals surface area contributed by atoms with Crippen molar-refractivity contribution in [1.82, 2.24) is 9.80 Å². The second-order valence-corrected chi connectivity index (χ2v) is 7.39. The standard InChI is InChI=1S/C19H27F2N3O/c20-17-3-1-2-16(19(17)21)13-23-8-4-14(5-9-23)15-6-10-24(12-15)11-7-18(22)25/h1-3,14-15H,4-13H2,(H2,22,25). The van der Waals surface area contributed by atoms with Gasteiger partial charge >= 0.3 is 0 Å². The zero-order valence-corrected chi connectivity index (χ0v) is 14.6. The van der Waals surface area contributed by atoms with Crippen LogP contribution in [0.3, 0.4) is 0 Å². The molecule has 6 heteroatoms. The van der Waals surface area contributed by atoms with Gasteiger partial charge in [-0.15, -0.1) is 0 Å². The highest BCUT2D eigenvalue weighted by Gasteiger charge is 2.32. The number of nitrogens with zero attached hydrogens (tertiary/aromatic N) is 2. The number of benzene rings is 1. The second kappa shape index (κ2) is 8.23. The van der Waals surface area contributed by atoms with Gasteiger partial charge in [-0.25, -0.2) is 8.78 Å². The highest BCUT2D eigenvalue weighted by atomic mass is 19.2. The Morgan fingerprint density at radius 3 is 2.48 bits per heavy atom. The van der Waals surface area contributed by atoms with Crippen LogP contribution >= 0.6 is 0 Å². The molecule has 0 bridgehead atoms. The molecule has 0 aliphatic carbocycles. The van der Waals surface area contributed by atoms with Gasteiger partial charge in [0.2, 0.25) is 5.91 Å². The van der Waals surface area contributed by atoms with Crippen LogP contribution in [0.2, 0.25) is 0 Å². The number of piperidine rings is 1. The van der Waals surface area contributed by atoms with Crippen LogP contribution in [-0.2, 0) is 11.3 Å². The van der Waals surface area contributed by atoms with Crippen LogP contribution < -0.4 is 5.73 Å². The zero-order chi connectivity index (χ0) is 17.8. The predicted octanol–water partition coefficient (Wildman–Crippen LogP) is 2.37. The lowest BCUT2D eigenvalue weighted by Gasteiger charge is -2.35. The Morgan fingerprint density at radius 2 is 1.76 bits per heavy atom. The molecule has 1 aromatic rings. The summed E-state index contributed by atoms with van der Waals surface area (Å²) in [6.45, 7) is 5.20. The number of hydrogen-bond donors (Lipinski definition) is 1. The summed E-state index contributed by atoms with van der Waals surface area (Å²) in [7, 11) is 0. The van der Waals surface area contributed by atoms with Crippen LogP contribution in [0.25, 0.3) is 0 Å². The van der Waals surface area contributed by atoms with Crippen molar-refractivity contribution in [2.24, 2.45) is 17.6 Å². The summed E-state index contributed by atoms with van der Waals surface area (Å²) >= 11 is 0. The molecule has 138 valence electrons. The fourth-order valence-electron chi connectivity index (χ4n) is 4.21. The number of carbonyl (C=O) groups excluding carboxylic acids is 1. The molecular formula is C19H27F2N3O. The molecule has 1 amide bonds. The quantitative estimate of drug-likeness (QED) is 0.856. The first-order valence-corrected chi connectivity index (χ1v) is 9.19. The van der Waals surface area contributed by atoms with E-state index >= 15 is 0 Å². The topological polar surface area (TPSA) is 49.6 Å². The molecule has 2 aliphatic heterocycles. The van der Waals surface area contributed by atoms with Gasteiger partial charge in [-0.1, -0.05) is 12.1 Å². The number of rotatable bonds is 6. The molecule has 3 rings (SSSR count). The van der Waals surface area contributed by atoms with E-state index in [1.54, 1.807) is 12.1 Å². The lowest BCUT2D eigenvalue weighted by atomic mass is 9.83. The van der Waals surface area contributed by atoms with Crippen LogP contribution in [0.15, 0.2) is 18.2 Å². The normalized spacial score (nSPS) is 23.2. The fourth-order valence-corrected chi connectivity index (χ4v) is 4.21. The van der Waals surface area contributed by atoms with Crippen LogP contribution in [0.4, 0.5) is 8.78 Å². The Morgan fingerprint density at radius 1 is 1.08 bits per heavy atom. The molecule has 0 saturated carbocycles. The number of carbonyl (C=O) groups is 1. The third kappa shape index (κ3) is 4.76. The first kappa shape index (κ1) is 18.3. The smallest absolute Gasteiger partial charge is 0.218 e. The summed E-state index contributed by atoms with van der Waals surface area (Å²) in [5, 5.41) is 0. The molecule has 2 aliphatic rings. The van der Waals surface area contributed by atoms with Gasteiger partial charge in [-0.2, -0.15) is 0 Å². The Bertz CT molecular complexity index is 602. The minimum atomic E-state index is -0.769. The molecular weight excluding hydrogens is 324 g/mol. The Balaban J connectivity index is 1.44. The second-order valence-electron chi connectivity index (χ2n) is 7.39. The molecule has 0 spiro atoms. The van der Waals surface area contributed by atoms with E-state index in [-0.39, 0.29) is 5.91 Å². The van der Waals surface area contributed by atoms with Crippen molar-refractivity contribution in [3.05, 3.63) is 35.4 Å². The lowest BCUT2D eigenvalue weighted by molar-refractivity contribution is -0.118. The van der Waals surface area contributed by atoms with E-state index in [0.29, 0.717) is 30.4 Å². The maximum atomic E-state index is 13.8. The van der Waals surface area contributed by atoms with Gasteiger partial charge in [-0.3, -0.25) is 9.69 Å². The largest absolute Gasteiger partial charge is 0.370 e. The van der Waals surface area contributed by atoms with Gasteiger partial charge in [0.05, 0.1) is 0 Å². The molecule has 2 saturated heterocycles. The Hall–Kier alpha value is -1.53. The molecule has 4 nitrogen and oxygen atoms in total. The van der Waals surface area contributed by atoms with Crippen molar-refractivity contribution in [1.29, 1.82) is 0 Å². The average Bonchev–Trinajstić information content (AvgIpc) is 3.07. The Kier molecular flexibility index (Phi) is 6.02. The minimum absolute atomic E-state index is 0.235. The van der Waals surface area contributed by atoms with Gasteiger partial charge in [0.1, 0.15) is 0 Å². The van der Waals surface area contributed by atoms with E-state index in [9.17, 15) is 13.6 Å². The molecule has 2 fully saturated rings. The predicted molar refractivity (Wildman–Crippen MR) is 92.7 cm³/mol. The van der Waals surface area contributed by atoms with Gasteiger partial charge < -0.3 is 10.6 Å². The van der Waals surface area contributed by atoms with Crippen molar-refractivity contribution in [3.8, 4) is 0 Å². The van der Waals surface area contributed by atoms with Crippen molar-refractivity contribution in [3.63, 3.8) is 0 Å². The highest BCUT2D eigenvalue weighted by Crippen LogP contribution is 2.32. The van der Waals surface area contributed by atoms with Crippen molar-refractivity contribution in [2.75, 3.05) is 32.7 Å². The Labute approximate surface area is 148 Å². The minimum Gasteiger partial charge on any atom is -0.370 e. The maximum absolute atomic E-state index is 13.8. The number of primary amides is 1. The van der Waals surface area contributed by atoms with E-state index < -0.39 is 11.6 Å². The van der Waals surface area contributed by atoms with Crippen molar-refractivity contribution >= 4 is 5.91 Å². The van der Waals surface area contributed by atoms with Gasteiger partial charge in [-0.05, 0) is 56.8 Å². The first-order valence-electron chi connectivity index (χ1n) is 9.19. The summed E-state index contributed by atoms with van der Waals surface area (Å²) in [5.41, 5.74) is 5.67. The van der Waals surface area contributed by atoms with E-state index in [1.165, 1.54) is 6.42 Å². The van der Waals surface area contributed by atoms with Crippen LogP contribution in [0.1, 0.15) is 31.2 Å². The average molecular weight is 351 g/mol. The fraction of sp³-hybridized carbons (Fsp3) is 0.632. The lowest BCUT2D eigenvalue weighted by Crippen LogP contribution is -2.36. The summed E-state index contributed by atoms with van der Waals surface area (Å²) in [6, 6.07) is 4.40. The third-order valence-corrected chi connectivity index (χ3v) is 5.71. The maximum Gasteiger partial charge on any atom is 0.218 e. The number of amides is 1. The molecule has 2 heterocycles. The van der Waals surface area contributed by atoms with Gasteiger partial charge in [0.25, 0.3) is 0 Å². The highest BCUT2D eigenvalue weighted by molar-refractivity contribution is 5.73. The van der Waals surface area contributed by atoms with Crippen LogP contribution in [0, 0.1) is 23.5 Å². The summed E-state index contributed by atoms with van der Waals surface area (Å²) < 4.78 is 27.1. The number of halogens is 2. The molecule has 25 heavy (non-hydrogen) atoms. The third-order valence-electron chi connectivity index (χ3n) is 5.71. The molecule has 0 radical (unpaired) electrons. The van der Waals surface area contributed by atoms with E-state index in [4.69, 9.17) is 5.73 Å². The SMILES string of the molecule is NC(=O)CCN1CCC(C2CCN(Cc3cccc(F)c3F)CC2)C1. The summed E-state index contributed by atoms with van der Waals surface area (Å²) in [6.07, 6.45) is 3.82. The van der Waals surface area contributed by atoms with E-state index in [0.717, 1.165) is 51.6 Å². The van der Waals surface area contributed by atoms with Crippen molar-refractivity contribution in [2.45, 2.75) is 32.2 Å². The van der Waals surface area contributed by atoms with Gasteiger partial charge in [0, 0.05) is 31.6 Å². The number of likely N-dealkylation sites (tertiary alicyclic amines) is 2. The van der Waals surface area contributed by atoms with Gasteiger partial charge in [0.15, 0.2) is 11.6 Å². The van der Waals surface area contributed by atoms with E-state index in [2.05, 4.69) is 9.80 Å². The molecule has 1 atom stereocenters. The number of nitrogens with two attached hydrogens (primary N) is 1. The summed E-state index contributed by atoms with van der Waals surface area (Å²) in [5.74, 6) is -0.352. The molecule has 2 N–H and O–H groups in total.